The van der Waals surface area contributed by atoms with Gasteiger partial charge < -0.3 is 9.94 Å². The number of oxime groups is 1. The van der Waals surface area contributed by atoms with Gasteiger partial charge in [0.25, 0.3) is 0 Å². The van der Waals surface area contributed by atoms with Crippen molar-refractivity contribution in [2.75, 3.05) is 6.61 Å². The van der Waals surface area contributed by atoms with Gasteiger partial charge in [0.1, 0.15) is 5.75 Å². The molecule has 1 aromatic carbocycles. The van der Waals surface area contributed by atoms with Gasteiger partial charge in [-0.1, -0.05) is 23.7 Å². The fourth-order valence-electron chi connectivity index (χ4n) is 0.993. The Labute approximate surface area is 88.0 Å². The summed E-state index contributed by atoms with van der Waals surface area (Å²) in [6, 6.07) is 5.22. The van der Waals surface area contributed by atoms with E-state index in [-0.39, 0.29) is 0 Å². The first-order chi connectivity index (χ1) is 6.77. The lowest BCUT2D eigenvalue weighted by atomic mass is 10.2. The summed E-state index contributed by atoms with van der Waals surface area (Å²) in [6.45, 7) is 2.67. The minimum atomic E-state index is 0.524. The number of hydrogen-bond donors (Lipinski definition) is 1. The van der Waals surface area contributed by atoms with E-state index in [2.05, 4.69) is 5.16 Å². The molecular weight excluding hydrogens is 202 g/mol. The minimum Gasteiger partial charge on any atom is -0.492 e. The number of rotatable bonds is 4. The van der Waals surface area contributed by atoms with E-state index in [0.717, 1.165) is 12.0 Å². The largest absolute Gasteiger partial charge is 0.492 e. The van der Waals surface area contributed by atoms with Crippen LogP contribution in [0.2, 0.25) is 5.02 Å². The van der Waals surface area contributed by atoms with Crippen molar-refractivity contribution in [3.05, 3.63) is 28.8 Å². The van der Waals surface area contributed by atoms with Crippen LogP contribution in [0.15, 0.2) is 23.4 Å². The molecule has 0 aliphatic carbocycles. The van der Waals surface area contributed by atoms with E-state index >= 15 is 0 Å². The van der Waals surface area contributed by atoms with E-state index in [1.54, 1.807) is 18.2 Å². The summed E-state index contributed by atoms with van der Waals surface area (Å²) in [4.78, 5) is 0. The number of hydrogen-bond acceptors (Lipinski definition) is 3. The second-order valence-corrected chi connectivity index (χ2v) is 3.19. The molecule has 14 heavy (non-hydrogen) atoms. The first-order valence-electron chi connectivity index (χ1n) is 4.37. The molecule has 0 aliphatic rings. The SMILES string of the molecule is CCCOc1ccc(/C=N\O)cc1Cl. The molecule has 76 valence electrons. The van der Waals surface area contributed by atoms with E-state index in [1.807, 2.05) is 6.92 Å². The average molecular weight is 214 g/mol. The Balaban J connectivity index is 2.79. The van der Waals surface area contributed by atoms with Crippen LogP contribution in [0.4, 0.5) is 0 Å². The van der Waals surface area contributed by atoms with Crippen LogP contribution in [-0.2, 0) is 0 Å². The number of halogens is 1. The van der Waals surface area contributed by atoms with Gasteiger partial charge >= 0.3 is 0 Å². The summed E-state index contributed by atoms with van der Waals surface area (Å²) in [7, 11) is 0. The molecule has 0 atom stereocenters. The second kappa shape index (κ2) is 5.50. The van der Waals surface area contributed by atoms with E-state index in [9.17, 15) is 0 Å². The lowest BCUT2D eigenvalue weighted by Crippen LogP contribution is -1.95. The van der Waals surface area contributed by atoms with Gasteiger partial charge in [-0.2, -0.15) is 0 Å². The zero-order chi connectivity index (χ0) is 10.4. The predicted octanol–water partition coefficient (Wildman–Crippen LogP) is 2.94. The van der Waals surface area contributed by atoms with Crippen LogP contribution < -0.4 is 4.74 Å². The number of nitrogens with zero attached hydrogens (tertiary/aromatic N) is 1. The van der Waals surface area contributed by atoms with E-state index in [4.69, 9.17) is 21.5 Å². The molecule has 0 spiro atoms. The maximum atomic E-state index is 8.32. The highest BCUT2D eigenvalue weighted by atomic mass is 35.5. The van der Waals surface area contributed by atoms with Gasteiger partial charge in [-0.05, 0) is 30.2 Å². The summed E-state index contributed by atoms with van der Waals surface area (Å²) in [6.07, 6.45) is 2.26. The van der Waals surface area contributed by atoms with Crippen LogP contribution in [0.25, 0.3) is 0 Å². The topological polar surface area (TPSA) is 41.8 Å². The van der Waals surface area contributed by atoms with Gasteiger partial charge in [0, 0.05) is 0 Å². The van der Waals surface area contributed by atoms with E-state index in [1.165, 1.54) is 6.21 Å². The molecule has 0 amide bonds. The van der Waals surface area contributed by atoms with Gasteiger partial charge in [-0.3, -0.25) is 0 Å². The molecule has 3 nitrogen and oxygen atoms in total. The fourth-order valence-corrected chi connectivity index (χ4v) is 1.24. The molecule has 0 unspecified atom stereocenters. The first-order valence-corrected chi connectivity index (χ1v) is 4.75. The van der Waals surface area contributed by atoms with Crippen molar-refractivity contribution < 1.29 is 9.94 Å². The van der Waals surface area contributed by atoms with Crippen LogP contribution in [0.3, 0.4) is 0 Å². The van der Waals surface area contributed by atoms with E-state index < -0.39 is 0 Å². The fraction of sp³-hybridized carbons (Fsp3) is 0.300. The third kappa shape index (κ3) is 2.92. The van der Waals surface area contributed by atoms with Crippen LogP contribution in [0.1, 0.15) is 18.9 Å². The Hall–Kier alpha value is -1.22. The zero-order valence-corrected chi connectivity index (χ0v) is 8.66. The molecule has 0 saturated carbocycles. The summed E-state index contributed by atoms with van der Waals surface area (Å²) in [5, 5.41) is 11.8. The third-order valence-corrected chi connectivity index (χ3v) is 1.92. The summed E-state index contributed by atoms with van der Waals surface area (Å²) in [5.41, 5.74) is 0.737. The molecule has 0 aliphatic heterocycles. The summed E-state index contributed by atoms with van der Waals surface area (Å²) < 4.78 is 5.38. The van der Waals surface area contributed by atoms with Gasteiger partial charge in [-0.15, -0.1) is 0 Å². The molecule has 0 fully saturated rings. The molecule has 1 aromatic rings. The molecule has 1 N–H and O–H groups in total. The molecule has 1 rings (SSSR count). The molecule has 0 bridgehead atoms. The Morgan fingerprint density at radius 2 is 2.36 bits per heavy atom. The highest BCUT2D eigenvalue weighted by Gasteiger charge is 2.01. The Morgan fingerprint density at radius 3 is 2.93 bits per heavy atom. The maximum absolute atomic E-state index is 8.32. The highest BCUT2D eigenvalue weighted by molar-refractivity contribution is 6.32. The average Bonchev–Trinajstić information content (AvgIpc) is 2.17. The quantitative estimate of drug-likeness (QED) is 0.475. The van der Waals surface area contributed by atoms with Crippen molar-refractivity contribution in [2.45, 2.75) is 13.3 Å². The van der Waals surface area contributed by atoms with E-state index in [0.29, 0.717) is 17.4 Å². The van der Waals surface area contributed by atoms with Gasteiger partial charge in [-0.25, -0.2) is 0 Å². The van der Waals surface area contributed by atoms with Crippen LogP contribution in [0.5, 0.6) is 5.75 Å². The lowest BCUT2D eigenvalue weighted by molar-refractivity contribution is 0.317. The molecule has 0 saturated heterocycles. The molecule has 0 aromatic heterocycles. The highest BCUT2D eigenvalue weighted by Crippen LogP contribution is 2.24. The summed E-state index contributed by atoms with van der Waals surface area (Å²) >= 11 is 5.93. The monoisotopic (exact) mass is 213 g/mol. The van der Waals surface area contributed by atoms with Crippen LogP contribution in [-0.4, -0.2) is 18.0 Å². The Bertz CT molecular complexity index is 326. The normalized spacial score (nSPS) is 10.7. The summed E-state index contributed by atoms with van der Waals surface area (Å²) in [5.74, 6) is 0.656. The van der Waals surface area contributed by atoms with Crippen molar-refractivity contribution in [1.82, 2.24) is 0 Å². The molecule has 0 heterocycles. The lowest BCUT2D eigenvalue weighted by Gasteiger charge is -2.06. The first kappa shape index (κ1) is 10.9. The Morgan fingerprint density at radius 1 is 1.57 bits per heavy atom. The van der Waals surface area contributed by atoms with Gasteiger partial charge in [0.05, 0.1) is 17.8 Å². The van der Waals surface area contributed by atoms with Crippen molar-refractivity contribution in [1.29, 1.82) is 0 Å². The van der Waals surface area contributed by atoms with Crippen molar-refractivity contribution in [3.8, 4) is 5.75 Å². The predicted molar refractivity (Wildman–Crippen MR) is 56.6 cm³/mol. The van der Waals surface area contributed by atoms with Gasteiger partial charge in [0.15, 0.2) is 0 Å². The standard InChI is InChI=1S/C10H12ClNO2/c1-2-5-14-10-4-3-8(7-12-13)6-9(10)11/h3-4,6-7,13H,2,5H2,1H3/b12-7-. The van der Waals surface area contributed by atoms with Gasteiger partial charge in [0.2, 0.25) is 0 Å². The smallest absolute Gasteiger partial charge is 0.137 e. The minimum absolute atomic E-state index is 0.524. The molecule has 4 heteroatoms. The second-order valence-electron chi connectivity index (χ2n) is 2.78. The maximum Gasteiger partial charge on any atom is 0.137 e. The molecular formula is C10H12ClNO2. The zero-order valence-electron chi connectivity index (χ0n) is 7.90. The number of ether oxygens (including phenoxy) is 1. The number of benzene rings is 1. The van der Waals surface area contributed by atoms with Crippen molar-refractivity contribution >= 4 is 17.8 Å². The Kier molecular flexibility index (Phi) is 4.26. The molecule has 0 radical (unpaired) electrons. The van der Waals surface area contributed by atoms with Crippen molar-refractivity contribution in [2.24, 2.45) is 5.16 Å². The van der Waals surface area contributed by atoms with Crippen molar-refractivity contribution in [3.63, 3.8) is 0 Å². The van der Waals surface area contributed by atoms with Crippen LogP contribution >= 0.6 is 11.6 Å². The van der Waals surface area contributed by atoms with Crippen LogP contribution in [0, 0.1) is 0 Å². The third-order valence-electron chi connectivity index (χ3n) is 1.62.